The van der Waals surface area contributed by atoms with Gasteiger partial charge in [0, 0.05) is 0 Å². The topological polar surface area (TPSA) is 0 Å². The lowest BCUT2D eigenvalue weighted by molar-refractivity contribution is -0.375. The molecule has 0 bridgehead atoms. The van der Waals surface area contributed by atoms with Gasteiger partial charge in [-0.15, -0.1) is 0 Å². The minimum atomic E-state index is -6.73. The van der Waals surface area contributed by atoms with E-state index in [-0.39, 0.29) is 0 Å². The van der Waals surface area contributed by atoms with Crippen molar-refractivity contribution in [2.45, 2.75) is 31.1 Å². The van der Waals surface area contributed by atoms with Crippen molar-refractivity contribution in [2.75, 3.05) is 0 Å². The van der Waals surface area contributed by atoms with Crippen molar-refractivity contribution < 1.29 is 52.7 Å². The van der Waals surface area contributed by atoms with Gasteiger partial charge in [0.15, 0.2) is 0 Å². The van der Waals surface area contributed by atoms with Crippen LogP contribution >= 0.6 is 0 Å². The van der Waals surface area contributed by atoms with E-state index in [4.69, 9.17) is 0 Å². The molecule has 0 heterocycles. The van der Waals surface area contributed by atoms with Crippen LogP contribution in [0.4, 0.5) is 52.7 Å². The Morgan fingerprint density at radius 1 is 0.588 bits per heavy atom. The Labute approximate surface area is 85.2 Å². The molecule has 0 aromatic carbocycles. The monoisotopic (exact) mass is 290 g/mol. The average molecular weight is 290 g/mol. The van der Waals surface area contributed by atoms with Crippen molar-refractivity contribution >= 4 is 0 Å². The number of alkyl halides is 12. The lowest BCUT2D eigenvalue weighted by Crippen LogP contribution is -2.55. The second-order valence-corrected chi connectivity index (χ2v) is 2.24. The van der Waals surface area contributed by atoms with Crippen molar-refractivity contribution in [1.82, 2.24) is 0 Å². The fourth-order valence-electron chi connectivity index (χ4n) is 0.326. The Hall–Kier alpha value is -0.840. The van der Waals surface area contributed by atoms with Gasteiger partial charge in [-0.3, -0.25) is 0 Å². The lowest BCUT2D eigenvalue weighted by atomic mass is 10.2. The first-order chi connectivity index (χ1) is 7.18. The van der Waals surface area contributed by atoms with Gasteiger partial charge in [0.25, 0.3) is 0 Å². The fraction of sp³-hybridized carbons (Fsp3) is 1.00. The van der Waals surface area contributed by atoms with Crippen LogP contribution in [0.15, 0.2) is 0 Å². The molecule has 0 aliphatic heterocycles. The molecule has 0 spiro atoms. The van der Waals surface area contributed by atoms with Crippen LogP contribution in [0.25, 0.3) is 0 Å². The van der Waals surface area contributed by atoms with E-state index in [2.05, 4.69) is 0 Å². The molecule has 12 heteroatoms. The van der Waals surface area contributed by atoms with E-state index in [1.807, 2.05) is 0 Å². The Morgan fingerprint density at radius 2 is 0.824 bits per heavy atom. The van der Waals surface area contributed by atoms with Crippen molar-refractivity contribution in [3.63, 3.8) is 0 Å². The minimum Gasteiger partial charge on any atom is -0.203 e. The molecular weight excluding hydrogens is 288 g/mol. The molecule has 0 aliphatic rings. The Kier molecular flexibility index (Phi) is 6.17. The molecule has 0 aromatic rings. The van der Waals surface area contributed by atoms with Gasteiger partial charge in [-0.1, -0.05) is 0 Å². The SMILES string of the molecule is FC(F)C(F)(F)C(F)(F)C(F)(F)F.FC(F)F. The van der Waals surface area contributed by atoms with Gasteiger partial charge < -0.3 is 0 Å². The first-order valence-corrected chi connectivity index (χ1v) is 3.20. The highest BCUT2D eigenvalue weighted by Crippen LogP contribution is 2.48. The third kappa shape index (κ3) is 4.89. The maximum absolute atomic E-state index is 11.6. The summed E-state index contributed by atoms with van der Waals surface area (Å²) in [5.74, 6) is -13.1. The zero-order valence-electron chi connectivity index (χ0n) is 7.19. The molecule has 106 valence electrons. The van der Waals surface area contributed by atoms with Crippen LogP contribution in [0.3, 0.4) is 0 Å². The Bertz CT molecular complexity index is 211. The zero-order valence-corrected chi connectivity index (χ0v) is 7.19. The average Bonchev–Trinajstić information content (AvgIpc) is 1.99. The van der Waals surface area contributed by atoms with Gasteiger partial charge in [-0.05, 0) is 0 Å². The number of hydrogen-bond acceptors (Lipinski definition) is 0. The van der Waals surface area contributed by atoms with Gasteiger partial charge in [-0.2, -0.15) is 43.9 Å². The van der Waals surface area contributed by atoms with Crippen molar-refractivity contribution in [2.24, 2.45) is 0 Å². The summed E-state index contributed by atoms with van der Waals surface area (Å²) < 4.78 is 131. The Morgan fingerprint density at radius 3 is 0.882 bits per heavy atom. The molecule has 0 amide bonds. The summed E-state index contributed by atoms with van der Waals surface area (Å²) in [5.41, 5.74) is 0. The summed E-state index contributed by atoms with van der Waals surface area (Å²) in [4.78, 5) is 0. The van der Waals surface area contributed by atoms with Gasteiger partial charge in [0.05, 0.1) is 0 Å². The summed E-state index contributed by atoms with van der Waals surface area (Å²) in [6.45, 7) is -3.67. The molecule has 0 aromatic heterocycles. The highest BCUT2D eigenvalue weighted by atomic mass is 19.4. The molecule has 0 N–H and O–H groups in total. The molecule has 0 radical (unpaired) electrons. The molecule has 0 rings (SSSR count). The molecule has 0 unspecified atom stereocenters. The van der Waals surface area contributed by atoms with Gasteiger partial charge in [0.2, 0.25) is 0 Å². The van der Waals surface area contributed by atoms with Crippen molar-refractivity contribution in [3.05, 3.63) is 0 Å². The molecule has 0 saturated heterocycles. The van der Waals surface area contributed by atoms with E-state index in [9.17, 15) is 52.7 Å². The number of rotatable bonds is 2. The summed E-state index contributed by atoms with van der Waals surface area (Å²) >= 11 is 0. The predicted molar refractivity (Wildman–Crippen MR) is 29.1 cm³/mol. The van der Waals surface area contributed by atoms with Gasteiger partial charge in [-0.25, -0.2) is 8.78 Å². The van der Waals surface area contributed by atoms with E-state index in [1.54, 1.807) is 0 Å². The largest absolute Gasteiger partial charge is 0.460 e. The second kappa shape index (κ2) is 5.67. The minimum absolute atomic E-state index is 3.67. The van der Waals surface area contributed by atoms with Gasteiger partial charge >= 0.3 is 31.1 Å². The Balaban J connectivity index is 0. The maximum Gasteiger partial charge on any atom is 0.460 e. The highest BCUT2D eigenvalue weighted by molar-refractivity contribution is 4.92. The summed E-state index contributed by atoms with van der Waals surface area (Å²) in [7, 11) is 0. The molecule has 0 saturated carbocycles. The van der Waals surface area contributed by atoms with E-state index < -0.39 is 31.1 Å². The lowest BCUT2D eigenvalue weighted by Gasteiger charge is -2.27. The van der Waals surface area contributed by atoms with Crippen LogP contribution in [-0.4, -0.2) is 31.1 Å². The normalized spacial score (nSPS) is 13.8. The second-order valence-electron chi connectivity index (χ2n) is 2.24. The smallest absolute Gasteiger partial charge is 0.203 e. The van der Waals surface area contributed by atoms with Crippen LogP contribution < -0.4 is 0 Å². The molecule has 0 fully saturated rings. The fourth-order valence-corrected chi connectivity index (χ4v) is 0.326. The first kappa shape index (κ1) is 18.5. The van der Waals surface area contributed by atoms with E-state index >= 15 is 0 Å². The highest BCUT2D eigenvalue weighted by Gasteiger charge is 2.76. The van der Waals surface area contributed by atoms with Gasteiger partial charge in [0.1, 0.15) is 0 Å². The summed E-state index contributed by atoms with van der Waals surface area (Å²) in [6, 6.07) is 0. The third-order valence-corrected chi connectivity index (χ3v) is 1.05. The molecule has 0 aliphatic carbocycles. The van der Waals surface area contributed by atoms with Crippen LogP contribution in [0, 0.1) is 0 Å². The van der Waals surface area contributed by atoms with E-state index in [0.717, 1.165) is 0 Å². The summed E-state index contributed by atoms with van der Waals surface area (Å²) in [5, 5.41) is 0. The first-order valence-electron chi connectivity index (χ1n) is 3.20. The standard InChI is InChI=1S/C4HF9.CHF3/c5-1(6)2(7,8)3(9,10)4(11,12)13;2-1(3)4/h1H;1H. The van der Waals surface area contributed by atoms with Crippen LogP contribution in [0.1, 0.15) is 0 Å². The van der Waals surface area contributed by atoms with Crippen LogP contribution in [-0.2, 0) is 0 Å². The molecular formula is C5H2F12. The maximum atomic E-state index is 11.6. The summed E-state index contributed by atoms with van der Waals surface area (Å²) in [6.07, 6.45) is -11.8. The third-order valence-electron chi connectivity index (χ3n) is 1.05. The van der Waals surface area contributed by atoms with Crippen LogP contribution in [0.5, 0.6) is 0 Å². The van der Waals surface area contributed by atoms with Crippen molar-refractivity contribution in [3.8, 4) is 0 Å². The number of hydrogen-bond donors (Lipinski definition) is 0. The predicted octanol–water partition coefficient (Wildman–Crippen LogP) is 4.26. The quantitative estimate of drug-likeness (QED) is 0.666. The van der Waals surface area contributed by atoms with Crippen molar-refractivity contribution in [1.29, 1.82) is 0 Å². The van der Waals surface area contributed by atoms with Crippen LogP contribution in [0.2, 0.25) is 0 Å². The van der Waals surface area contributed by atoms with E-state index in [0.29, 0.717) is 0 Å². The zero-order chi connectivity index (χ0) is 14.7. The van der Waals surface area contributed by atoms with E-state index in [1.165, 1.54) is 0 Å². The molecule has 0 nitrogen and oxygen atoms in total. The number of halogens is 12. The molecule has 0 atom stereocenters. The molecule has 17 heavy (non-hydrogen) atoms.